The SMILES string of the molecule is CN(C)c1ccc(C(NCCC2CCNCC2)C(=O)NCCc2ccncc2)cc1. The van der Waals surface area contributed by atoms with Crippen molar-refractivity contribution in [2.24, 2.45) is 5.92 Å². The zero-order valence-corrected chi connectivity index (χ0v) is 18.2. The number of carbonyl (C=O) groups excluding carboxylic acids is 1. The number of hydrogen-bond acceptors (Lipinski definition) is 5. The average molecular weight is 410 g/mol. The second-order valence-corrected chi connectivity index (χ2v) is 8.25. The summed E-state index contributed by atoms with van der Waals surface area (Å²) in [5.41, 5.74) is 3.31. The van der Waals surface area contributed by atoms with Crippen molar-refractivity contribution in [1.82, 2.24) is 20.9 Å². The number of nitrogens with one attached hydrogen (secondary N) is 3. The molecule has 1 saturated heterocycles. The van der Waals surface area contributed by atoms with Crippen LogP contribution in [0.1, 0.15) is 36.4 Å². The van der Waals surface area contributed by atoms with Gasteiger partial charge in [-0.05, 0) is 86.6 Å². The predicted molar refractivity (Wildman–Crippen MR) is 123 cm³/mol. The fraction of sp³-hybridized carbons (Fsp3) is 0.500. The minimum atomic E-state index is -0.333. The summed E-state index contributed by atoms with van der Waals surface area (Å²) in [6, 6.07) is 11.9. The van der Waals surface area contributed by atoms with Crippen LogP contribution < -0.4 is 20.9 Å². The largest absolute Gasteiger partial charge is 0.378 e. The third-order valence-corrected chi connectivity index (χ3v) is 5.83. The van der Waals surface area contributed by atoms with E-state index in [1.807, 2.05) is 26.2 Å². The molecule has 2 aromatic rings. The molecular formula is C24H35N5O. The van der Waals surface area contributed by atoms with Crippen LogP contribution >= 0.6 is 0 Å². The molecule has 1 aliphatic rings. The predicted octanol–water partition coefficient (Wildman–Crippen LogP) is 2.53. The van der Waals surface area contributed by atoms with Crippen LogP contribution in [0.5, 0.6) is 0 Å². The number of piperidine rings is 1. The normalized spacial score (nSPS) is 15.5. The maximum Gasteiger partial charge on any atom is 0.241 e. The van der Waals surface area contributed by atoms with E-state index >= 15 is 0 Å². The van der Waals surface area contributed by atoms with Gasteiger partial charge in [0.15, 0.2) is 0 Å². The van der Waals surface area contributed by atoms with Gasteiger partial charge in [-0.2, -0.15) is 0 Å². The van der Waals surface area contributed by atoms with Crippen LogP contribution in [-0.4, -0.2) is 51.2 Å². The van der Waals surface area contributed by atoms with Crippen molar-refractivity contribution < 1.29 is 4.79 Å². The second-order valence-electron chi connectivity index (χ2n) is 8.25. The van der Waals surface area contributed by atoms with Gasteiger partial charge in [0.05, 0.1) is 0 Å². The fourth-order valence-electron chi connectivity index (χ4n) is 3.91. The van der Waals surface area contributed by atoms with Gasteiger partial charge >= 0.3 is 0 Å². The molecular weight excluding hydrogens is 374 g/mol. The van der Waals surface area contributed by atoms with E-state index in [1.165, 1.54) is 18.4 Å². The van der Waals surface area contributed by atoms with Crippen molar-refractivity contribution >= 4 is 11.6 Å². The molecule has 1 aromatic carbocycles. The number of nitrogens with zero attached hydrogens (tertiary/aromatic N) is 2. The molecule has 0 radical (unpaired) electrons. The van der Waals surface area contributed by atoms with Crippen LogP contribution in [-0.2, 0) is 11.2 Å². The topological polar surface area (TPSA) is 69.3 Å². The van der Waals surface area contributed by atoms with Crippen molar-refractivity contribution in [2.45, 2.75) is 31.7 Å². The Morgan fingerprint density at radius 1 is 1.10 bits per heavy atom. The number of hydrogen-bond donors (Lipinski definition) is 3. The highest BCUT2D eigenvalue weighted by Crippen LogP contribution is 2.20. The van der Waals surface area contributed by atoms with E-state index in [0.717, 1.165) is 49.6 Å². The molecule has 0 saturated carbocycles. The summed E-state index contributed by atoms with van der Waals surface area (Å²) < 4.78 is 0. The summed E-state index contributed by atoms with van der Waals surface area (Å²) in [4.78, 5) is 19.1. The van der Waals surface area contributed by atoms with Crippen molar-refractivity contribution in [3.63, 3.8) is 0 Å². The minimum absolute atomic E-state index is 0.0342. The van der Waals surface area contributed by atoms with Gasteiger partial charge in [0.25, 0.3) is 0 Å². The van der Waals surface area contributed by atoms with E-state index in [4.69, 9.17) is 0 Å². The lowest BCUT2D eigenvalue weighted by atomic mass is 9.94. The molecule has 2 heterocycles. The van der Waals surface area contributed by atoms with E-state index in [1.54, 1.807) is 12.4 Å². The Morgan fingerprint density at radius 2 is 1.80 bits per heavy atom. The molecule has 0 spiro atoms. The third kappa shape index (κ3) is 6.82. The van der Waals surface area contributed by atoms with Crippen molar-refractivity contribution in [2.75, 3.05) is 45.2 Å². The summed E-state index contributed by atoms with van der Waals surface area (Å²) in [7, 11) is 4.05. The summed E-state index contributed by atoms with van der Waals surface area (Å²) in [6.07, 6.45) is 7.93. The molecule has 6 nitrogen and oxygen atoms in total. The Hall–Kier alpha value is -2.44. The zero-order chi connectivity index (χ0) is 21.2. The van der Waals surface area contributed by atoms with E-state index in [0.29, 0.717) is 6.54 Å². The number of amides is 1. The lowest BCUT2D eigenvalue weighted by Crippen LogP contribution is -2.39. The molecule has 0 bridgehead atoms. The fourth-order valence-corrected chi connectivity index (χ4v) is 3.91. The molecule has 1 fully saturated rings. The highest BCUT2D eigenvalue weighted by atomic mass is 16.2. The van der Waals surface area contributed by atoms with Gasteiger partial charge in [-0.1, -0.05) is 12.1 Å². The Balaban J connectivity index is 1.59. The first kappa shape index (κ1) is 22.2. The summed E-state index contributed by atoms with van der Waals surface area (Å²) >= 11 is 0. The molecule has 1 aromatic heterocycles. The molecule has 6 heteroatoms. The molecule has 0 aliphatic carbocycles. The highest BCUT2D eigenvalue weighted by Gasteiger charge is 2.21. The number of anilines is 1. The van der Waals surface area contributed by atoms with Gasteiger partial charge in [-0.15, -0.1) is 0 Å². The molecule has 3 rings (SSSR count). The van der Waals surface area contributed by atoms with Crippen LogP contribution in [0.15, 0.2) is 48.8 Å². The van der Waals surface area contributed by atoms with E-state index in [2.05, 4.69) is 50.1 Å². The Morgan fingerprint density at radius 3 is 2.47 bits per heavy atom. The first-order chi connectivity index (χ1) is 14.6. The first-order valence-corrected chi connectivity index (χ1v) is 11.0. The van der Waals surface area contributed by atoms with Crippen molar-refractivity contribution in [3.8, 4) is 0 Å². The average Bonchev–Trinajstić information content (AvgIpc) is 2.78. The van der Waals surface area contributed by atoms with E-state index in [9.17, 15) is 4.79 Å². The smallest absolute Gasteiger partial charge is 0.241 e. The van der Waals surface area contributed by atoms with Crippen molar-refractivity contribution in [3.05, 3.63) is 59.9 Å². The number of rotatable bonds is 10. The van der Waals surface area contributed by atoms with Gasteiger partial charge in [0, 0.05) is 38.7 Å². The Bertz CT molecular complexity index is 757. The lowest BCUT2D eigenvalue weighted by molar-refractivity contribution is -0.123. The van der Waals surface area contributed by atoms with Gasteiger partial charge < -0.3 is 20.9 Å². The number of benzene rings is 1. The van der Waals surface area contributed by atoms with E-state index in [-0.39, 0.29) is 11.9 Å². The van der Waals surface area contributed by atoms with Gasteiger partial charge in [-0.3, -0.25) is 9.78 Å². The highest BCUT2D eigenvalue weighted by molar-refractivity contribution is 5.83. The summed E-state index contributed by atoms with van der Waals surface area (Å²) in [5, 5.41) is 10.1. The van der Waals surface area contributed by atoms with Crippen LogP contribution in [0.2, 0.25) is 0 Å². The number of pyridine rings is 1. The first-order valence-electron chi connectivity index (χ1n) is 11.0. The third-order valence-electron chi connectivity index (χ3n) is 5.83. The van der Waals surface area contributed by atoms with Crippen LogP contribution in [0.25, 0.3) is 0 Å². The molecule has 30 heavy (non-hydrogen) atoms. The zero-order valence-electron chi connectivity index (χ0n) is 18.2. The molecule has 1 atom stereocenters. The molecule has 1 amide bonds. The molecule has 162 valence electrons. The second kappa shape index (κ2) is 11.7. The standard InChI is InChI=1S/C24H35N5O/c1-29(2)22-5-3-21(4-6-22)23(27-17-11-19-7-13-25-14-8-19)24(30)28-18-12-20-9-15-26-16-10-20/h3-6,9-10,15-16,19,23,25,27H,7-8,11-14,17-18H2,1-2H3,(H,28,30). The van der Waals surface area contributed by atoms with Gasteiger partial charge in [0.2, 0.25) is 5.91 Å². The monoisotopic (exact) mass is 409 g/mol. The maximum atomic E-state index is 13.0. The Labute approximate surface area is 180 Å². The summed E-state index contributed by atoms with van der Waals surface area (Å²) in [5.74, 6) is 0.775. The number of carbonyl (C=O) groups is 1. The van der Waals surface area contributed by atoms with Crippen LogP contribution in [0.3, 0.4) is 0 Å². The maximum absolute atomic E-state index is 13.0. The van der Waals surface area contributed by atoms with Crippen LogP contribution in [0.4, 0.5) is 5.69 Å². The number of aromatic nitrogens is 1. The Kier molecular flexibility index (Phi) is 8.66. The summed E-state index contributed by atoms with van der Waals surface area (Å²) in [6.45, 7) is 3.68. The van der Waals surface area contributed by atoms with Gasteiger partial charge in [-0.25, -0.2) is 0 Å². The molecule has 1 aliphatic heterocycles. The lowest BCUT2D eigenvalue weighted by Gasteiger charge is -2.24. The van der Waals surface area contributed by atoms with Gasteiger partial charge in [0.1, 0.15) is 6.04 Å². The minimum Gasteiger partial charge on any atom is -0.378 e. The molecule has 1 unspecified atom stereocenters. The molecule has 3 N–H and O–H groups in total. The quantitative estimate of drug-likeness (QED) is 0.563. The van der Waals surface area contributed by atoms with Crippen LogP contribution in [0, 0.1) is 5.92 Å². The van der Waals surface area contributed by atoms with E-state index < -0.39 is 0 Å². The van der Waals surface area contributed by atoms with Crippen molar-refractivity contribution in [1.29, 1.82) is 0 Å².